The van der Waals surface area contributed by atoms with Gasteiger partial charge in [0.05, 0.1) is 25.5 Å². The second-order valence-corrected chi connectivity index (χ2v) is 16.5. The molecule has 0 radical (unpaired) electrons. The standard InChI is InChI=1S/C46H57N11O15/c47-29(19-37(61)62)39(65)53-35(20-38(63)64)43(69)57-36(22-58)44(70)55-33(17-24-9-13-27(60)14-10-24)41(67)56-34(18-25-21-51-30-5-2-1-4-28(25)30)42(68)54-32(16-23-7-11-26(59)12-8-23)40(66)52-31(45(71)72)6-3-15-50-46(48)49/h1-2,4-5,7-14,21,29,31-36,51,58-60H,3,6,15-20,22,47H2,(H,52,66)(H,53,65)(H,54,68)(H,55,70)(H,56,67)(H,57,69)(H,61,62)(H,63,64)(H,71,72)(H4,48,49,50)/t29-,31-,32-,33-,34-,35-,36-/m0/s1. The van der Waals surface area contributed by atoms with Crippen molar-refractivity contribution in [3.63, 3.8) is 0 Å². The lowest BCUT2D eigenvalue weighted by Crippen LogP contribution is -2.61. The second-order valence-electron chi connectivity index (χ2n) is 16.5. The Kier molecular flexibility index (Phi) is 20.8. The van der Waals surface area contributed by atoms with Gasteiger partial charge in [0.15, 0.2) is 5.96 Å². The summed E-state index contributed by atoms with van der Waals surface area (Å²) in [6, 6.07) is 6.22. The number of benzene rings is 3. The Balaban J connectivity index is 1.68. The normalized spacial score (nSPS) is 13.9. The van der Waals surface area contributed by atoms with Crippen molar-refractivity contribution in [2.24, 2.45) is 11.5 Å². The number of aromatic nitrogens is 1. The SMILES string of the molecule is N=C(N)NCCC[C@H](NC(=O)[C@H](Cc1ccc(O)cc1)NC(=O)[C@H](Cc1c[nH]c2ccccc12)NC(=O)[C@H](Cc1ccc(O)cc1)NC(=O)[C@H](CO)NC(=O)[C@H](CC(=O)O)NC(=O)[C@@H](N)CC(=O)O)C(=O)O. The van der Waals surface area contributed by atoms with Crippen LogP contribution in [0.25, 0.3) is 10.9 Å². The number of fused-ring (bicyclic) bond motifs is 1. The Morgan fingerprint density at radius 2 is 1.01 bits per heavy atom. The van der Waals surface area contributed by atoms with Gasteiger partial charge >= 0.3 is 17.9 Å². The van der Waals surface area contributed by atoms with Crippen LogP contribution >= 0.6 is 0 Å². The van der Waals surface area contributed by atoms with E-state index >= 15 is 0 Å². The number of phenolic OH excluding ortho intramolecular Hbond substituents is 2. The topological polar surface area (TPSA) is 451 Å². The van der Waals surface area contributed by atoms with E-state index in [2.05, 4.69) is 36.9 Å². The van der Waals surface area contributed by atoms with Crippen molar-refractivity contribution in [2.45, 2.75) is 87.2 Å². The summed E-state index contributed by atoms with van der Waals surface area (Å²) in [4.78, 5) is 121. The zero-order valence-corrected chi connectivity index (χ0v) is 38.4. The highest BCUT2D eigenvalue weighted by Crippen LogP contribution is 2.20. The number of guanidine groups is 1. The van der Waals surface area contributed by atoms with E-state index in [-0.39, 0.29) is 56.1 Å². The molecular weight excluding hydrogens is 947 g/mol. The first-order valence-corrected chi connectivity index (χ1v) is 22.2. The molecule has 0 saturated heterocycles. The number of aliphatic hydroxyl groups excluding tert-OH is 1. The van der Waals surface area contributed by atoms with Gasteiger partial charge in [-0.2, -0.15) is 0 Å². The van der Waals surface area contributed by atoms with Crippen LogP contribution in [0, 0.1) is 5.41 Å². The smallest absolute Gasteiger partial charge is 0.326 e. The van der Waals surface area contributed by atoms with Crippen molar-refractivity contribution in [1.82, 2.24) is 42.2 Å². The number of hydrogen-bond donors (Lipinski definition) is 17. The van der Waals surface area contributed by atoms with Crippen LogP contribution in [0.1, 0.15) is 42.4 Å². The number of carbonyl (C=O) groups is 9. The van der Waals surface area contributed by atoms with Crippen molar-refractivity contribution in [3.8, 4) is 11.5 Å². The Labute approximate surface area is 409 Å². The van der Waals surface area contributed by atoms with Crippen molar-refractivity contribution in [3.05, 3.63) is 95.7 Å². The summed E-state index contributed by atoms with van der Waals surface area (Å²) in [6.45, 7) is -1.03. The lowest BCUT2D eigenvalue weighted by atomic mass is 10.00. The molecule has 1 aromatic heterocycles. The molecular formula is C46H57N11O15. The minimum atomic E-state index is -1.93. The number of aromatic hydroxyl groups is 2. The number of nitrogens with one attached hydrogen (secondary N) is 9. The van der Waals surface area contributed by atoms with Crippen molar-refractivity contribution >= 4 is 70.2 Å². The number of para-hydroxylation sites is 1. The lowest BCUT2D eigenvalue weighted by molar-refractivity contribution is -0.142. The largest absolute Gasteiger partial charge is 0.508 e. The van der Waals surface area contributed by atoms with E-state index in [0.29, 0.717) is 27.6 Å². The fourth-order valence-electron chi connectivity index (χ4n) is 7.17. The number of aliphatic carboxylic acids is 3. The van der Waals surface area contributed by atoms with Gasteiger partial charge in [-0.25, -0.2) is 4.79 Å². The number of carbonyl (C=O) groups excluding carboxylic acids is 6. The Bertz CT molecular complexity index is 2590. The molecule has 1 heterocycles. The van der Waals surface area contributed by atoms with E-state index in [1.807, 2.05) is 5.32 Å². The molecule has 6 amide bonds. The third-order valence-electron chi connectivity index (χ3n) is 10.9. The van der Waals surface area contributed by atoms with Gasteiger partial charge in [0.25, 0.3) is 0 Å². The quantitative estimate of drug-likeness (QED) is 0.0154. The average Bonchev–Trinajstić information content (AvgIpc) is 3.73. The van der Waals surface area contributed by atoms with E-state index in [0.717, 1.165) is 0 Å². The van der Waals surface area contributed by atoms with Gasteiger partial charge in [0, 0.05) is 42.9 Å². The van der Waals surface area contributed by atoms with Crippen LogP contribution in [-0.2, 0) is 62.4 Å². The van der Waals surface area contributed by atoms with Crippen LogP contribution in [0.4, 0.5) is 0 Å². The molecule has 26 heteroatoms. The Morgan fingerprint density at radius 1 is 0.569 bits per heavy atom. The molecule has 0 bridgehead atoms. The number of carboxylic acid groups (broad SMARTS) is 3. The van der Waals surface area contributed by atoms with Gasteiger partial charge in [-0.15, -0.1) is 0 Å². The first-order chi connectivity index (χ1) is 34.1. The fourth-order valence-corrected chi connectivity index (χ4v) is 7.17. The minimum absolute atomic E-state index is 0.108. The average molecular weight is 1000 g/mol. The molecule has 0 aliphatic heterocycles. The van der Waals surface area contributed by atoms with Gasteiger partial charge in [-0.1, -0.05) is 42.5 Å². The molecule has 7 atom stereocenters. The summed E-state index contributed by atoms with van der Waals surface area (Å²) in [5.74, 6) is -11.8. The maximum atomic E-state index is 14.6. The molecule has 19 N–H and O–H groups in total. The van der Waals surface area contributed by atoms with Gasteiger partial charge in [-0.05, 0) is 59.9 Å². The molecule has 0 unspecified atom stereocenters. The van der Waals surface area contributed by atoms with Crippen molar-refractivity contribution in [1.29, 1.82) is 5.41 Å². The van der Waals surface area contributed by atoms with Crippen molar-refractivity contribution in [2.75, 3.05) is 13.2 Å². The molecule has 4 aromatic rings. The monoisotopic (exact) mass is 1000 g/mol. The summed E-state index contributed by atoms with van der Waals surface area (Å²) < 4.78 is 0. The number of aromatic amines is 1. The molecule has 0 saturated carbocycles. The highest BCUT2D eigenvalue weighted by Gasteiger charge is 2.35. The third-order valence-corrected chi connectivity index (χ3v) is 10.9. The number of hydrogen-bond acceptors (Lipinski definition) is 14. The van der Waals surface area contributed by atoms with Gasteiger partial charge in [0.2, 0.25) is 35.4 Å². The van der Waals surface area contributed by atoms with E-state index in [4.69, 9.17) is 22.0 Å². The predicted molar refractivity (Wildman–Crippen MR) is 254 cm³/mol. The summed E-state index contributed by atoms with van der Waals surface area (Å²) in [5.41, 5.74) is 12.8. The van der Waals surface area contributed by atoms with Gasteiger partial charge in [0.1, 0.15) is 47.8 Å². The van der Waals surface area contributed by atoms with Gasteiger partial charge in [-0.3, -0.25) is 43.8 Å². The highest BCUT2D eigenvalue weighted by molar-refractivity contribution is 5.98. The molecule has 0 spiro atoms. The van der Waals surface area contributed by atoms with Crippen LogP contribution in [0.2, 0.25) is 0 Å². The number of nitrogens with two attached hydrogens (primary N) is 2. The molecule has 386 valence electrons. The molecule has 4 rings (SSSR count). The maximum Gasteiger partial charge on any atom is 0.326 e. The van der Waals surface area contributed by atoms with E-state index in [1.54, 1.807) is 30.5 Å². The molecule has 0 aliphatic rings. The molecule has 26 nitrogen and oxygen atoms in total. The fraction of sp³-hybridized carbons (Fsp3) is 0.348. The summed E-state index contributed by atoms with van der Waals surface area (Å²) in [6.07, 6.45) is -1.17. The number of aliphatic hydroxyl groups is 1. The maximum absolute atomic E-state index is 14.6. The number of carboxylic acids is 3. The Hall–Kier alpha value is -8.78. The van der Waals surface area contributed by atoms with Crippen LogP contribution in [-0.4, -0.2) is 150 Å². The first-order valence-electron chi connectivity index (χ1n) is 22.2. The van der Waals surface area contributed by atoms with E-state index in [9.17, 15) is 68.7 Å². The van der Waals surface area contributed by atoms with E-state index < -0.39 is 115 Å². The third kappa shape index (κ3) is 17.6. The molecule has 0 aliphatic carbocycles. The van der Waals surface area contributed by atoms with Crippen LogP contribution < -0.4 is 48.7 Å². The highest BCUT2D eigenvalue weighted by atomic mass is 16.4. The van der Waals surface area contributed by atoms with Gasteiger partial charge < -0.3 is 84.3 Å². The van der Waals surface area contributed by atoms with Crippen LogP contribution in [0.15, 0.2) is 79.0 Å². The Morgan fingerprint density at radius 3 is 1.50 bits per heavy atom. The van der Waals surface area contributed by atoms with Crippen LogP contribution in [0.3, 0.4) is 0 Å². The number of phenols is 2. The summed E-state index contributed by atoms with van der Waals surface area (Å²) in [7, 11) is 0. The summed E-state index contributed by atoms with van der Waals surface area (Å²) in [5, 5.41) is 83.2. The first kappa shape index (κ1) is 55.8. The molecule has 3 aromatic carbocycles. The number of rotatable bonds is 28. The van der Waals surface area contributed by atoms with E-state index in [1.165, 1.54) is 48.5 Å². The lowest BCUT2D eigenvalue weighted by Gasteiger charge is -2.27. The predicted octanol–water partition coefficient (Wildman–Crippen LogP) is -2.87. The second kappa shape index (κ2) is 26.8. The zero-order chi connectivity index (χ0) is 53.1. The summed E-state index contributed by atoms with van der Waals surface area (Å²) >= 11 is 0. The molecule has 0 fully saturated rings. The molecule has 72 heavy (non-hydrogen) atoms. The number of H-pyrrole nitrogens is 1. The zero-order valence-electron chi connectivity index (χ0n) is 38.4. The number of amides is 6. The van der Waals surface area contributed by atoms with Crippen molar-refractivity contribution < 1.29 is 73.8 Å². The minimum Gasteiger partial charge on any atom is -0.508 e. The van der Waals surface area contributed by atoms with Crippen LogP contribution in [0.5, 0.6) is 11.5 Å².